The number of hydrogen-bond donors (Lipinski definition) is 1. The summed E-state index contributed by atoms with van der Waals surface area (Å²) in [6.45, 7) is 6.47. The van der Waals surface area contributed by atoms with Gasteiger partial charge in [-0.15, -0.1) is 0 Å². The van der Waals surface area contributed by atoms with Crippen LogP contribution in [0.1, 0.15) is 31.1 Å². The van der Waals surface area contributed by atoms with Crippen LogP contribution >= 0.6 is 0 Å². The van der Waals surface area contributed by atoms with Gasteiger partial charge in [0.1, 0.15) is 11.3 Å². The number of anilines is 1. The van der Waals surface area contributed by atoms with Crippen molar-refractivity contribution in [2.75, 3.05) is 29.5 Å². The molecule has 152 valence electrons. The van der Waals surface area contributed by atoms with Crippen molar-refractivity contribution < 1.29 is 13.2 Å². The first-order valence-electron chi connectivity index (χ1n) is 9.45. The van der Waals surface area contributed by atoms with Gasteiger partial charge in [0, 0.05) is 36.5 Å². The molecule has 1 N–H and O–H groups in total. The second-order valence-corrected chi connectivity index (χ2v) is 10.6. The average molecular weight is 414 g/mol. The molecule has 3 aromatic heterocycles. The van der Waals surface area contributed by atoms with Crippen LogP contribution in [-0.2, 0) is 9.84 Å². The van der Waals surface area contributed by atoms with Crippen LogP contribution in [0.5, 0.6) is 0 Å². The molecule has 4 rings (SSSR count). The summed E-state index contributed by atoms with van der Waals surface area (Å²) in [5.74, 6) is 0.970. The molecule has 1 fully saturated rings. The monoisotopic (exact) mass is 413 g/mol. The molecule has 0 atom stereocenters. The van der Waals surface area contributed by atoms with Gasteiger partial charge in [0.05, 0.1) is 29.0 Å². The van der Waals surface area contributed by atoms with Gasteiger partial charge in [-0.2, -0.15) is 0 Å². The van der Waals surface area contributed by atoms with Crippen molar-refractivity contribution in [2.45, 2.75) is 20.8 Å². The van der Waals surface area contributed by atoms with Gasteiger partial charge in [-0.3, -0.25) is 4.79 Å². The molecule has 1 saturated heterocycles. The van der Waals surface area contributed by atoms with Crippen LogP contribution in [0.4, 0.5) is 5.82 Å². The first kappa shape index (κ1) is 19.5. The lowest BCUT2D eigenvalue weighted by Crippen LogP contribution is -2.40. The molecule has 0 aromatic carbocycles. The number of aromatic nitrogens is 4. The summed E-state index contributed by atoms with van der Waals surface area (Å²) in [7, 11) is -2.96. The zero-order valence-corrected chi connectivity index (χ0v) is 17.5. The van der Waals surface area contributed by atoms with Gasteiger partial charge < -0.3 is 9.88 Å². The SMILES string of the molecule is CC(C)(C)C(=O)c1c[nH]c2ncc(-c3ccnc(N4CCS(=O)(=O)CC4)c3)nc12. The molecular formula is C20H23N5O3S. The Bertz CT molecular complexity index is 1180. The van der Waals surface area contributed by atoms with Gasteiger partial charge in [0.2, 0.25) is 0 Å². The number of hydrogen-bond acceptors (Lipinski definition) is 7. The molecule has 0 amide bonds. The molecule has 8 nitrogen and oxygen atoms in total. The summed E-state index contributed by atoms with van der Waals surface area (Å²) in [4.78, 5) is 31.2. The molecule has 0 spiro atoms. The summed E-state index contributed by atoms with van der Waals surface area (Å²) >= 11 is 0. The number of rotatable bonds is 3. The highest BCUT2D eigenvalue weighted by Crippen LogP contribution is 2.28. The Hall–Kier alpha value is -2.81. The number of aromatic amines is 1. The average Bonchev–Trinajstić information content (AvgIpc) is 3.09. The molecule has 0 bridgehead atoms. The van der Waals surface area contributed by atoms with E-state index < -0.39 is 15.3 Å². The Kier molecular flexibility index (Phi) is 4.65. The topological polar surface area (TPSA) is 109 Å². The lowest BCUT2D eigenvalue weighted by molar-refractivity contribution is 0.0860. The standard InChI is InChI=1S/C20H23N5O3S/c1-20(2,3)18(26)14-11-22-19-17(14)24-15(12-23-19)13-4-5-21-16(10-13)25-6-8-29(27,28)9-7-25/h4-5,10-12H,6-9H2,1-3H3,(H,22,23). The first-order chi connectivity index (χ1) is 13.6. The van der Waals surface area contributed by atoms with E-state index in [0.29, 0.717) is 41.3 Å². The van der Waals surface area contributed by atoms with Crippen LogP contribution in [0.3, 0.4) is 0 Å². The third kappa shape index (κ3) is 3.87. The summed E-state index contributed by atoms with van der Waals surface area (Å²) in [5.41, 5.74) is 2.56. The predicted molar refractivity (Wildman–Crippen MR) is 112 cm³/mol. The van der Waals surface area contributed by atoms with Crippen molar-refractivity contribution in [1.29, 1.82) is 0 Å². The normalized spacial score (nSPS) is 16.9. The molecule has 29 heavy (non-hydrogen) atoms. The van der Waals surface area contributed by atoms with E-state index in [1.54, 1.807) is 18.6 Å². The quantitative estimate of drug-likeness (QED) is 0.657. The first-order valence-corrected chi connectivity index (χ1v) is 11.3. The Morgan fingerprint density at radius 2 is 1.90 bits per heavy atom. The Morgan fingerprint density at radius 3 is 2.59 bits per heavy atom. The highest BCUT2D eigenvalue weighted by Gasteiger charge is 2.27. The van der Waals surface area contributed by atoms with Crippen molar-refractivity contribution in [3.8, 4) is 11.3 Å². The number of fused-ring (bicyclic) bond motifs is 1. The second kappa shape index (κ2) is 6.91. The Labute approximate surface area is 169 Å². The van der Waals surface area contributed by atoms with Gasteiger partial charge in [0.15, 0.2) is 21.3 Å². The van der Waals surface area contributed by atoms with Gasteiger partial charge in [-0.1, -0.05) is 20.8 Å². The molecular weight excluding hydrogens is 390 g/mol. The largest absolute Gasteiger partial charge is 0.355 e. The van der Waals surface area contributed by atoms with E-state index in [9.17, 15) is 13.2 Å². The van der Waals surface area contributed by atoms with Crippen molar-refractivity contribution in [3.05, 3.63) is 36.3 Å². The number of carbonyl (C=O) groups excluding carboxylic acids is 1. The van der Waals surface area contributed by atoms with Crippen LogP contribution in [0, 0.1) is 5.41 Å². The minimum absolute atomic E-state index is 0.000133. The fourth-order valence-electron chi connectivity index (χ4n) is 3.30. The van der Waals surface area contributed by atoms with Gasteiger partial charge >= 0.3 is 0 Å². The van der Waals surface area contributed by atoms with E-state index >= 15 is 0 Å². The summed E-state index contributed by atoms with van der Waals surface area (Å²) in [6.07, 6.45) is 5.00. The smallest absolute Gasteiger partial charge is 0.171 e. The number of nitrogens with zero attached hydrogens (tertiary/aromatic N) is 4. The van der Waals surface area contributed by atoms with Crippen LogP contribution in [0.25, 0.3) is 22.4 Å². The third-order valence-corrected chi connectivity index (χ3v) is 6.63. The van der Waals surface area contributed by atoms with Crippen molar-refractivity contribution in [3.63, 3.8) is 0 Å². The van der Waals surface area contributed by atoms with Crippen molar-refractivity contribution in [1.82, 2.24) is 19.9 Å². The molecule has 0 radical (unpaired) electrons. The van der Waals surface area contributed by atoms with E-state index in [1.807, 2.05) is 37.8 Å². The van der Waals surface area contributed by atoms with Crippen molar-refractivity contribution >= 4 is 32.6 Å². The fraction of sp³-hybridized carbons (Fsp3) is 0.400. The van der Waals surface area contributed by atoms with Crippen LogP contribution in [0.15, 0.2) is 30.7 Å². The molecule has 1 aliphatic rings. The summed E-state index contributed by atoms with van der Waals surface area (Å²) < 4.78 is 23.4. The molecule has 0 saturated carbocycles. The van der Waals surface area contributed by atoms with Crippen LogP contribution < -0.4 is 4.90 Å². The fourth-order valence-corrected chi connectivity index (χ4v) is 4.50. The number of H-pyrrole nitrogens is 1. The lowest BCUT2D eigenvalue weighted by atomic mass is 9.87. The molecule has 0 aliphatic carbocycles. The Balaban J connectivity index is 1.69. The highest BCUT2D eigenvalue weighted by atomic mass is 32.2. The van der Waals surface area contributed by atoms with Gasteiger partial charge in [-0.05, 0) is 12.1 Å². The minimum atomic E-state index is -2.96. The van der Waals surface area contributed by atoms with E-state index in [-0.39, 0.29) is 17.3 Å². The maximum atomic E-state index is 12.7. The van der Waals surface area contributed by atoms with E-state index in [1.165, 1.54) is 0 Å². The van der Waals surface area contributed by atoms with Gasteiger partial charge in [0.25, 0.3) is 0 Å². The van der Waals surface area contributed by atoms with Gasteiger partial charge in [-0.25, -0.2) is 23.4 Å². The number of ketones is 1. The van der Waals surface area contributed by atoms with Crippen molar-refractivity contribution in [2.24, 2.45) is 5.41 Å². The van der Waals surface area contributed by atoms with E-state index in [2.05, 4.69) is 15.0 Å². The summed E-state index contributed by atoms with van der Waals surface area (Å²) in [5, 5.41) is 0. The minimum Gasteiger partial charge on any atom is -0.355 e. The maximum Gasteiger partial charge on any atom is 0.171 e. The molecule has 4 heterocycles. The zero-order valence-electron chi connectivity index (χ0n) is 16.6. The summed E-state index contributed by atoms with van der Waals surface area (Å²) in [6, 6.07) is 3.71. The molecule has 0 unspecified atom stereocenters. The molecule has 3 aromatic rings. The third-order valence-electron chi connectivity index (χ3n) is 5.02. The lowest BCUT2D eigenvalue weighted by Gasteiger charge is -2.27. The number of Topliss-reactive ketones (excluding diaryl/α,β-unsaturated/α-hetero) is 1. The highest BCUT2D eigenvalue weighted by molar-refractivity contribution is 7.91. The van der Waals surface area contributed by atoms with E-state index in [4.69, 9.17) is 4.98 Å². The van der Waals surface area contributed by atoms with E-state index in [0.717, 1.165) is 5.56 Å². The zero-order chi connectivity index (χ0) is 20.8. The molecule has 1 aliphatic heterocycles. The maximum absolute atomic E-state index is 12.7. The van der Waals surface area contributed by atoms with Crippen LogP contribution in [0.2, 0.25) is 0 Å². The predicted octanol–water partition coefficient (Wildman–Crippen LogP) is 2.48. The van der Waals surface area contributed by atoms with Crippen LogP contribution in [-0.4, -0.2) is 58.7 Å². The second-order valence-electron chi connectivity index (χ2n) is 8.28. The number of pyridine rings is 1. The molecule has 9 heteroatoms. The number of carbonyl (C=O) groups is 1. The number of sulfone groups is 1. The number of nitrogens with one attached hydrogen (secondary N) is 1. The Morgan fingerprint density at radius 1 is 1.17 bits per heavy atom.